The van der Waals surface area contributed by atoms with Crippen LogP contribution < -0.4 is 36.9 Å². The fourth-order valence-corrected chi connectivity index (χ4v) is 8.34. The van der Waals surface area contributed by atoms with Crippen molar-refractivity contribution in [3.63, 3.8) is 0 Å². The van der Waals surface area contributed by atoms with Gasteiger partial charge in [0.25, 0.3) is 11.8 Å². The quantitative estimate of drug-likeness (QED) is 0.0652. The number of alkyl halides is 3. The molecule has 4 aromatic heterocycles. The predicted octanol–water partition coefficient (Wildman–Crippen LogP) is 3.07. The molecule has 354 valence electrons. The van der Waals surface area contributed by atoms with Gasteiger partial charge in [-0.3, -0.25) is 44.1 Å². The average Bonchev–Trinajstić information content (AvgIpc) is 4.05. The first kappa shape index (κ1) is 46.2. The summed E-state index contributed by atoms with van der Waals surface area (Å²) in [7, 11) is 2.62. The topological polar surface area (TPSA) is 259 Å². The third kappa shape index (κ3) is 9.53. The number of imidazole rings is 2. The number of benzene rings is 2. The Bertz CT molecular complexity index is 2920. The van der Waals surface area contributed by atoms with Gasteiger partial charge in [-0.2, -0.15) is 23.4 Å². The second kappa shape index (κ2) is 18.5. The van der Waals surface area contributed by atoms with E-state index >= 15 is 0 Å². The van der Waals surface area contributed by atoms with Crippen molar-refractivity contribution in [2.45, 2.75) is 51.7 Å². The van der Waals surface area contributed by atoms with Crippen molar-refractivity contribution < 1.29 is 46.6 Å². The third-order valence-electron chi connectivity index (χ3n) is 11.5. The largest absolute Gasteiger partial charge is 0.494 e. The van der Waals surface area contributed by atoms with Crippen molar-refractivity contribution in [3.05, 3.63) is 82.5 Å². The van der Waals surface area contributed by atoms with Crippen LogP contribution in [0.3, 0.4) is 0 Å². The van der Waals surface area contributed by atoms with Gasteiger partial charge in [-0.25, -0.2) is 9.97 Å². The van der Waals surface area contributed by atoms with Crippen LogP contribution in [-0.4, -0.2) is 126 Å². The molecule has 1 spiro atoms. The van der Waals surface area contributed by atoms with Gasteiger partial charge >= 0.3 is 6.18 Å². The van der Waals surface area contributed by atoms with Crippen molar-refractivity contribution in [1.82, 2.24) is 48.9 Å². The number of fused-ring (bicyclic) bond motifs is 2. The number of ether oxygens (including phenoxy) is 3. The zero-order valence-corrected chi connectivity index (χ0v) is 37.1. The molecule has 2 aliphatic heterocycles. The number of carbonyl (C=O) groups is 4. The normalized spacial score (nSPS) is 15.1. The molecule has 0 radical (unpaired) electrons. The molecule has 7 N–H and O–H groups in total. The van der Waals surface area contributed by atoms with Crippen LogP contribution in [-0.2, 0) is 37.6 Å². The van der Waals surface area contributed by atoms with Crippen LogP contribution in [0.1, 0.15) is 66.4 Å². The van der Waals surface area contributed by atoms with E-state index in [0.717, 1.165) is 30.9 Å². The number of methoxy groups -OCH3 is 1. The second-order valence-corrected chi connectivity index (χ2v) is 16.2. The summed E-state index contributed by atoms with van der Waals surface area (Å²) in [6, 6.07) is 8.11. The minimum atomic E-state index is -4.81. The summed E-state index contributed by atoms with van der Waals surface area (Å²) in [4.78, 5) is 63.7. The van der Waals surface area contributed by atoms with E-state index in [0.29, 0.717) is 60.1 Å². The molecule has 2 fully saturated rings. The number of aromatic nitrogens is 8. The molecule has 2 aliphatic rings. The van der Waals surface area contributed by atoms with Gasteiger partial charge in [0.05, 0.1) is 37.1 Å². The Morgan fingerprint density at radius 1 is 0.881 bits per heavy atom. The van der Waals surface area contributed by atoms with Crippen LogP contribution in [0.5, 0.6) is 11.5 Å². The van der Waals surface area contributed by atoms with Crippen molar-refractivity contribution >= 4 is 57.6 Å². The number of hydrogen-bond donors (Lipinski definition) is 5. The summed E-state index contributed by atoms with van der Waals surface area (Å²) in [5.41, 5.74) is 11.9. The highest BCUT2D eigenvalue weighted by Gasteiger charge is 2.44. The van der Waals surface area contributed by atoms with E-state index < -0.39 is 41.2 Å². The van der Waals surface area contributed by atoms with Crippen molar-refractivity contribution in [2.24, 2.45) is 18.5 Å². The molecule has 2 aromatic carbocycles. The molecule has 0 aliphatic carbocycles. The van der Waals surface area contributed by atoms with E-state index in [1.165, 1.54) is 38.4 Å². The average molecular weight is 931 g/mol. The van der Waals surface area contributed by atoms with Gasteiger partial charge in [-0.1, -0.05) is 12.2 Å². The second-order valence-electron chi connectivity index (χ2n) is 16.2. The lowest BCUT2D eigenvalue weighted by Gasteiger charge is -2.51. The predicted molar refractivity (Wildman–Crippen MR) is 237 cm³/mol. The number of anilines is 2. The van der Waals surface area contributed by atoms with Gasteiger partial charge in [0.1, 0.15) is 39.5 Å². The molecular formula is C43H49F3N14O7. The maximum Gasteiger partial charge on any atom is 0.435 e. The van der Waals surface area contributed by atoms with E-state index in [1.54, 1.807) is 39.0 Å². The van der Waals surface area contributed by atoms with E-state index in [2.05, 4.69) is 41.0 Å². The smallest absolute Gasteiger partial charge is 0.435 e. The lowest BCUT2D eigenvalue weighted by Crippen LogP contribution is -2.69. The van der Waals surface area contributed by atoms with Crippen molar-refractivity contribution in [2.75, 3.05) is 63.7 Å². The van der Waals surface area contributed by atoms with Gasteiger partial charge < -0.3 is 40.1 Å². The highest BCUT2D eigenvalue weighted by atomic mass is 19.4. The standard InChI is InChI=1S/C43H49F3N14O7/c1-5-60-30(15-24(2)54-60)39(64)53-41-50-27-16-25(36(47)61)18-31(65-4)34(27)58(41)11-6-7-12-59-35-28(51-40(59)52-38(63)29-20-33(43(44,45)46)55-56(29)3)17-26(37(48)62)19-32(35)66-13-8-10-57-22-42(23-57)21-49-9-14-67-42/h6-7,15-20,49H,5,8-14,21-23H2,1-4H3,(H2,47,61)(H2,48,62)(H,50,53,64)(H,51,52,63)/b7-6+. The summed E-state index contributed by atoms with van der Waals surface area (Å²) in [5, 5.41) is 16.7. The molecule has 6 aromatic rings. The zero-order valence-electron chi connectivity index (χ0n) is 37.1. The van der Waals surface area contributed by atoms with Crippen LogP contribution in [0.25, 0.3) is 22.1 Å². The van der Waals surface area contributed by atoms with E-state index in [1.807, 2.05) is 6.92 Å². The fraction of sp³-hybridized carbons (Fsp3) is 0.395. The molecule has 0 atom stereocenters. The number of primary amides is 2. The van der Waals surface area contributed by atoms with Gasteiger partial charge in [0.15, 0.2) is 5.69 Å². The molecule has 0 bridgehead atoms. The Labute approximate surface area is 380 Å². The number of halogens is 3. The van der Waals surface area contributed by atoms with E-state index in [9.17, 15) is 32.3 Å². The molecule has 24 heteroatoms. The third-order valence-corrected chi connectivity index (χ3v) is 11.5. The molecular weight excluding hydrogens is 882 g/mol. The Morgan fingerprint density at radius 2 is 1.48 bits per heavy atom. The highest BCUT2D eigenvalue weighted by Crippen LogP contribution is 2.34. The van der Waals surface area contributed by atoms with Crippen LogP contribution >= 0.6 is 0 Å². The molecule has 8 rings (SSSR count). The summed E-state index contributed by atoms with van der Waals surface area (Å²) in [6.07, 6.45) is -0.754. The Hall–Kier alpha value is -7.31. The molecule has 67 heavy (non-hydrogen) atoms. The number of amides is 4. The molecule has 6 heterocycles. The van der Waals surface area contributed by atoms with Crippen LogP contribution in [0.4, 0.5) is 25.1 Å². The number of hydrogen-bond acceptors (Lipinski definition) is 13. The Morgan fingerprint density at radius 3 is 2.01 bits per heavy atom. The molecule has 0 unspecified atom stereocenters. The molecule has 4 amide bonds. The minimum Gasteiger partial charge on any atom is -0.494 e. The number of morpholine rings is 1. The Kier molecular flexibility index (Phi) is 12.8. The Balaban J connectivity index is 1.12. The van der Waals surface area contributed by atoms with E-state index in [-0.39, 0.29) is 65.3 Å². The zero-order chi connectivity index (χ0) is 47.8. The first-order chi connectivity index (χ1) is 32.0. The van der Waals surface area contributed by atoms with Crippen LogP contribution in [0.15, 0.2) is 48.6 Å². The maximum atomic E-state index is 13.7. The molecule has 0 saturated carbocycles. The first-order valence-corrected chi connectivity index (χ1v) is 21.3. The van der Waals surface area contributed by atoms with Gasteiger partial charge in [0.2, 0.25) is 23.7 Å². The number of carbonyl (C=O) groups excluding carboxylic acids is 4. The SMILES string of the molecule is CCn1nc(C)cc1C(=O)Nc1nc2cc(C(N)=O)cc(OC)c2n1C/C=C/Cn1c(NC(=O)c2cc(C(F)(F)F)nn2C)nc2cc(C(N)=O)cc(OCCCN3CC4(CNCCO4)C3)c21. The van der Waals surface area contributed by atoms with Crippen LogP contribution in [0.2, 0.25) is 0 Å². The van der Waals surface area contributed by atoms with Gasteiger partial charge in [-0.15, -0.1) is 0 Å². The minimum absolute atomic E-state index is 0.0201. The summed E-state index contributed by atoms with van der Waals surface area (Å²) < 4.78 is 64.4. The first-order valence-electron chi connectivity index (χ1n) is 21.3. The van der Waals surface area contributed by atoms with Gasteiger partial charge in [-0.05, 0) is 50.6 Å². The number of likely N-dealkylation sites (tertiary alicyclic amines) is 1. The molecule has 21 nitrogen and oxygen atoms in total. The summed E-state index contributed by atoms with van der Waals surface area (Å²) >= 11 is 0. The summed E-state index contributed by atoms with van der Waals surface area (Å²) in [5.74, 6) is -2.45. The van der Waals surface area contributed by atoms with Crippen LogP contribution in [0, 0.1) is 6.92 Å². The molecule has 2 saturated heterocycles. The number of rotatable bonds is 17. The number of aryl methyl sites for hydroxylation is 3. The van der Waals surface area contributed by atoms with E-state index in [4.69, 9.17) is 25.7 Å². The number of nitrogens with zero attached hydrogens (tertiary/aromatic N) is 9. The monoisotopic (exact) mass is 930 g/mol. The maximum absolute atomic E-state index is 13.7. The lowest BCUT2D eigenvalue weighted by atomic mass is 9.92. The highest BCUT2D eigenvalue weighted by molar-refractivity contribution is 6.05. The number of allylic oxidation sites excluding steroid dienone is 2. The fourth-order valence-electron chi connectivity index (χ4n) is 8.34. The van der Waals surface area contributed by atoms with Crippen molar-refractivity contribution in [3.8, 4) is 11.5 Å². The van der Waals surface area contributed by atoms with Crippen molar-refractivity contribution in [1.29, 1.82) is 0 Å². The number of nitrogens with two attached hydrogens (primary N) is 2. The lowest BCUT2D eigenvalue weighted by molar-refractivity contribution is -0.156. The number of nitrogens with one attached hydrogen (secondary N) is 3. The van der Waals surface area contributed by atoms with Gasteiger partial charge in [0, 0.05) is 76.6 Å². The summed E-state index contributed by atoms with van der Waals surface area (Å²) in [6.45, 7) is 8.82.